The Morgan fingerprint density at radius 2 is 0.543 bits per heavy atom. The molecule has 2 heterocycles. The lowest BCUT2D eigenvalue weighted by molar-refractivity contribution is -0.697. The Morgan fingerprint density at radius 1 is 0.326 bits per heavy atom. The highest BCUT2D eigenvalue weighted by Crippen LogP contribution is 2.13. The highest BCUT2D eigenvalue weighted by Gasteiger charge is 2.02. The van der Waals surface area contributed by atoms with Crippen LogP contribution >= 0.6 is 0 Å². The van der Waals surface area contributed by atoms with Crippen molar-refractivity contribution in [2.45, 2.75) is 208 Å². The molecule has 0 atom stereocenters. The molecule has 268 valence electrons. The summed E-state index contributed by atoms with van der Waals surface area (Å²) in [6, 6.07) is 9.00. The van der Waals surface area contributed by atoms with Crippen LogP contribution in [0.2, 0.25) is 0 Å². The molecule has 0 unspecified atom stereocenters. The average Bonchev–Trinajstić information content (AvgIpc) is 3.06. The lowest BCUT2D eigenvalue weighted by atomic mass is 10.1. The van der Waals surface area contributed by atoms with Crippen molar-refractivity contribution in [3.05, 3.63) is 60.2 Å². The summed E-state index contributed by atoms with van der Waals surface area (Å²) < 4.78 is 4.66. The van der Waals surface area contributed by atoms with E-state index in [1.165, 1.54) is 178 Å². The Labute approximate surface area is 300 Å². The van der Waals surface area contributed by atoms with Gasteiger partial charge in [-0.3, -0.25) is 0 Å². The first-order chi connectivity index (χ1) is 21.7. The third kappa shape index (κ3) is 29.1. The Hall–Kier alpha value is -1.12. The van der Waals surface area contributed by atoms with Gasteiger partial charge in [-0.05, 0) is 36.8 Å². The molecule has 0 aliphatic rings. The molecule has 0 N–H and O–H groups in total. The van der Waals surface area contributed by atoms with Crippen LogP contribution in [0.4, 0.5) is 0 Å². The highest BCUT2D eigenvalue weighted by atomic mass is 35.5. The molecule has 2 nitrogen and oxygen atoms in total. The van der Waals surface area contributed by atoms with Crippen LogP contribution in [-0.2, 0) is 25.9 Å². The summed E-state index contributed by atoms with van der Waals surface area (Å²) in [6.07, 6.45) is 45.4. The van der Waals surface area contributed by atoms with E-state index in [0.29, 0.717) is 0 Å². The van der Waals surface area contributed by atoms with E-state index in [4.69, 9.17) is 0 Å². The second kappa shape index (κ2) is 36.7. The van der Waals surface area contributed by atoms with Gasteiger partial charge in [-0.2, -0.15) is 0 Å². The molecular weight excluding hydrogens is 603 g/mol. The molecule has 0 saturated heterocycles. The fourth-order valence-corrected chi connectivity index (χ4v) is 6.02. The van der Waals surface area contributed by atoms with Crippen LogP contribution in [0, 0.1) is 0 Å². The normalized spacial score (nSPS) is 10.5. The fourth-order valence-electron chi connectivity index (χ4n) is 6.02. The van der Waals surface area contributed by atoms with Crippen molar-refractivity contribution in [3.8, 4) is 0 Å². The van der Waals surface area contributed by atoms with Crippen molar-refractivity contribution < 1.29 is 33.9 Å². The van der Waals surface area contributed by atoms with Crippen molar-refractivity contribution in [3.63, 3.8) is 0 Å². The molecule has 0 aliphatic heterocycles. The van der Waals surface area contributed by atoms with Gasteiger partial charge in [-0.25, -0.2) is 9.13 Å². The smallest absolute Gasteiger partial charge is 0.169 e. The number of hydrogen-bond donors (Lipinski definition) is 0. The number of aromatic nitrogens is 2. The van der Waals surface area contributed by atoms with E-state index >= 15 is 0 Å². The van der Waals surface area contributed by atoms with Crippen LogP contribution in [0.1, 0.15) is 193 Å². The minimum Gasteiger partial charge on any atom is -1.00 e. The third-order valence-corrected chi connectivity index (χ3v) is 9.28. The summed E-state index contributed by atoms with van der Waals surface area (Å²) in [5.74, 6) is 0. The van der Waals surface area contributed by atoms with Gasteiger partial charge in [-0.15, -0.1) is 0 Å². The number of aryl methyl sites for hydroxylation is 4. The molecule has 0 fully saturated rings. The Balaban J connectivity index is 0. The third-order valence-electron chi connectivity index (χ3n) is 9.28. The minimum atomic E-state index is 0. The van der Waals surface area contributed by atoms with Gasteiger partial charge in [0.25, 0.3) is 0 Å². The van der Waals surface area contributed by atoms with Gasteiger partial charge in [0.05, 0.1) is 0 Å². The monoisotopic (exact) mass is 679 g/mol. The first-order valence-electron chi connectivity index (χ1n) is 19.7. The molecular formula is C42H76Cl2N2. The summed E-state index contributed by atoms with van der Waals surface area (Å²) in [5.41, 5.74) is 2.87. The van der Waals surface area contributed by atoms with Crippen LogP contribution in [0.15, 0.2) is 49.1 Å². The highest BCUT2D eigenvalue weighted by molar-refractivity contribution is 5.06. The molecule has 0 spiro atoms. The van der Waals surface area contributed by atoms with Crippen LogP contribution in [0.5, 0.6) is 0 Å². The van der Waals surface area contributed by atoms with Gasteiger partial charge in [0.1, 0.15) is 13.1 Å². The quantitative estimate of drug-likeness (QED) is 0.0719. The number of pyridine rings is 2. The van der Waals surface area contributed by atoms with Gasteiger partial charge in [0.2, 0.25) is 0 Å². The van der Waals surface area contributed by atoms with E-state index in [2.05, 4.69) is 85.9 Å². The molecule has 0 aliphatic carbocycles. The zero-order valence-corrected chi connectivity index (χ0v) is 32.6. The van der Waals surface area contributed by atoms with Crippen LogP contribution < -0.4 is 33.9 Å². The molecule has 4 heteroatoms. The van der Waals surface area contributed by atoms with E-state index in [9.17, 15) is 0 Å². The molecule has 0 amide bonds. The maximum absolute atomic E-state index is 2.33. The number of rotatable bonds is 28. The molecule has 0 radical (unpaired) electrons. The van der Waals surface area contributed by atoms with Crippen LogP contribution in [0.3, 0.4) is 0 Å². The Kier molecular flexibility index (Phi) is 37.5. The van der Waals surface area contributed by atoms with Gasteiger partial charge >= 0.3 is 0 Å². The predicted octanol–water partition coefficient (Wildman–Crippen LogP) is 6.48. The summed E-state index contributed by atoms with van der Waals surface area (Å²) in [7, 11) is 0. The first-order valence-corrected chi connectivity index (χ1v) is 19.7. The topological polar surface area (TPSA) is 7.76 Å². The Morgan fingerprint density at radius 3 is 0.761 bits per heavy atom. The summed E-state index contributed by atoms with van der Waals surface area (Å²) in [6.45, 7) is 11.4. The van der Waals surface area contributed by atoms with E-state index in [1.54, 1.807) is 0 Å². The Bertz CT molecular complexity index is 766. The van der Waals surface area contributed by atoms with Crippen molar-refractivity contribution in [2.75, 3.05) is 0 Å². The zero-order chi connectivity index (χ0) is 31.8. The largest absolute Gasteiger partial charge is 1.00 e. The molecule has 2 rings (SSSR count). The zero-order valence-electron chi connectivity index (χ0n) is 31.1. The fraction of sp³-hybridized carbons (Fsp3) is 0.762. The number of halogens is 2. The van der Waals surface area contributed by atoms with Crippen LogP contribution in [0.25, 0.3) is 0 Å². The predicted molar refractivity (Wildman–Crippen MR) is 194 cm³/mol. The molecule has 0 aromatic carbocycles. The average molecular weight is 680 g/mol. The summed E-state index contributed by atoms with van der Waals surface area (Å²) in [4.78, 5) is 0. The van der Waals surface area contributed by atoms with Gasteiger partial charge < -0.3 is 24.8 Å². The summed E-state index contributed by atoms with van der Waals surface area (Å²) in [5, 5.41) is 0. The van der Waals surface area contributed by atoms with Crippen molar-refractivity contribution in [2.24, 2.45) is 0 Å². The maximum atomic E-state index is 2.33. The molecule has 0 bridgehead atoms. The SMILES string of the molecule is CCCCCCCCCCCCCC[n+]1ccc(CC)cc1.CCCCCCCCCCCCCC[n+]1ccc(CC)cc1.[Cl-].[Cl-]. The van der Waals surface area contributed by atoms with Crippen molar-refractivity contribution in [1.82, 2.24) is 0 Å². The van der Waals surface area contributed by atoms with Gasteiger partial charge in [0.15, 0.2) is 24.8 Å². The molecule has 0 saturated carbocycles. The van der Waals surface area contributed by atoms with E-state index in [1.807, 2.05) is 0 Å². The number of unbranched alkanes of at least 4 members (excludes halogenated alkanes) is 22. The first kappa shape index (κ1) is 47.0. The molecule has 2 aromatic heterocycles. The van der Waals surface area contributed by atoms with Gasteiger partial charge in [-0.1, -0.05) is 156 Å². The lowest BCUT2D eigenvalue weighted by Gasteiger charge is -2.02. The van der Waals surface area contributed by atoms with Crippen LogP contribution in [-0.4, -0.2) is 0 Å². The minimum absolute atomic E-state index is 0. The molecule has 2 aromatic rings. The van der Waals surface area contributed by atoms with Gasteiger partial charge in [0, 0.05) is 37.1 Å². The second-order valence-electron chi connectivity index (χ2n) is 13.4. The van der Waals surface area contributed by atoms with E-state index < -0.39 is 0 Å². The number of hydrogen-bond acceptors (Lipinski definition) is 0. The second-order valence-corrected chi connectivity index (χ2v) is 13.4. The van der Waals surface area contributed by atoms with Crippen molar-refractivity contribution in [1.29, 1.82) is 0 Å². The maximum Gasteiger partial charge on any atom is 0.169 e. The number of nitrogens with zero attached hydrogens (tertiary/aromatic N) is 2. The standard InChI is InChI=1S/2C21H38N.2ClH/c2*1-3-5-6-7-8-9-10-11-12-13-14-15-18-22-19-16-21(4-2)17-20-22;;/h2*16-17,19-20H,3-15,18H2,1-2H3;2*1H/q2*+1;;/p-2. The van der Waals surface area contributed by atoms with E-state index in [-0.39, 0.29) is 24.8 Å². The molecule has 46 heavy (non-hydrogen) atoms. The van der Waals surface area contributed by atoms with E-state index in [0.717, 1.165) is 12.8 Å². The summed E-state index contributed by atoms with van der Waals surface area (Å²) >= 11 is 0. The lowest BCUT2D eigenvalue weighted by Crippen LogP contribution is -3.00. The van der Waals surface area contributed by atoms with Crippen molar-refractivity contribution >= 4 is 0 Å².